The summed E-state index contributed by atoms with van der Waals surface area (Å²) in [6.45, 7) is 2.36. The van der Waals surface area contributed by atoms with Crippen molar-refractivity contribution in [2.75, 3.05) is 18.4 Å². The highest BCUT2D eigenvalue weighted by Crippen LogP contribution is 2.25. The Bertz CT molecular complexity index is 1190. The number of piperidine rings is 1. The number of benzene rings is 1. The number of likely N-dealkylation sites (tertiary alicyclic amines) is 1. The summed E-state index contributed by atoms with van der Waals surface area (Å²) in [7, 11) is 1.84. The molecular formula is C22H23N7O2. The van der Waals surface area contributed by atoms with E-state index in [1.54, 1.807) is 23.3 Å². The van der Waals surface area contributed by atoms with Gasteiger partial charge in [-0.1, -0.05) is 17.3 Å². The van der Waals surface area contributed by atoms with Gasteiger partial charge in [0.25, 0.3) is 0 Å². The van der Waals surface area contributed by atoms with E-state index >= 15 is 0 Å². The number of anilines is 1. The van der Waals surface area contributed by atoms with E-state index in [4.69, 9.17) is 4.42 Å². The van der Waals surface area contributed by atoms with Crippen LogP contribution in [0.25, 0.3) is 22.0 Å². The molecule has 0 aliphatic carbocycles. The largest absolute Gasteiger partial charge is 0.448 e. The molecule has 0 radical (unpaired) electrons. The zero-order chi connectivity index (χ0) is 21.2. The third-order valence-electron chi connectivity index (χ3n) is 5.67. The maximum atomic E-state index is 12.8. The highest BCUT2D eigenvalue weighted by atomic mass is 16.3. The van der Waals surface area contributed by atoms with Crippen molar-refractivity contribution in [1.29, 1.82) is 0 Å². The molecular weight excluding hydrogens is 394 g/mol. The number of oxazole rings is 1. The molecule has 1 aliphatic rings. The average Bonchev–Trinajstić information content (AvgIpc) is 3.45. The van der Waals surface area contributed by atoms with Crippen LogP contribution in [0.15, 0.2) is 53.5 Å². The van der Waals surface area contributed by atoms with Gasteiger partial charge in [0, 0.05) is 30.1 Å². The van der Waals surface area contributed by atoms with Crippen LogP contribution in [-0.4, -0.2) is 48.9 Å². The SMILES string of the molecule is Cn1cc(-c2ccc3cnc(NC(=O)C4CCN(Cc5ncco5)CC4)cc3c2)nn1. The number of fused-ring (bicyclic) bond motifs is 1. The Morgan fingerprint density at radius 3 is 2.81 bits per heavy atom. The van der Waals surface area contributed by atoms with Gasteiger partial charge in [0.1, 0.15) is 17.8 Å². The molecule has 158 valence electrons. The lowest BCUT2D eigenvalue weighted by molar-refractivity contribution is -0.121. The Morgan fingerprint density at radius 2 is 2.06 bits per heavy atom. The van der Waals surface area contributed by atoms with Gasteiger partial charge in [-0.3, -0.25) is 14.4 Å². The van der Waals surface area contributed by atoms with Crippen molar-refractivity contribution in [3.63, 3.8) is 0 Å². The predicted molar refractivity (Wildman–Crippen MR) is 115 cm³/mol. The molecule has 1 amide bonds. The maximum absolute atomic E-state index is 12.8. The van der Waals surface area contributed by atoms with Crippen molar-refractivity contribution in [3.8, 4) is 11.3 Å². The predicted octanol–water partition coefficient (Wildman–Crippen LogP) is 2.87. The second-order valence-corrected chi connectivity index (χ2v) is 7.87. The summed E-state index contributed by atoms with van der Waals surface area (Å²) in [5.74, 6) is 1.28. The number of carbonyl (C=O) groups excluding carboxylic acids is 1. The Morgan fingerprint density at radius 1 is 1.19 bits per heavy atom. The molecule has 3 aromatic heterocycles. The summed E-state index contributed by atoms with van der Waals surface area (Å²) in [4.78, 5) is 23.6. The van der Waals surface area contributed by atoms with E-state index in [-0.39, 0.29) is 11.8 Å². The molecule has 9 nitrogen and oxygen atoms in total. The van der Waals surface area contributed by atoms with E-state index in [0.717, 1.165) is 48.0 Å². The van der Waals surface area contributed by atoms with Gasteiger partial charge in [-0.25, -0.2) is 9.97 Å². The molecule has 1 fully saturated rings. The standard InChI is InChI=1S/C22H23N7O2/c1-28-13-19(26-27-28)16-2-3-17-12-24-20(11-18(17)10-16)25-22(30)15-4-7-29(8-5-15)14-21-23-6-9-31-21/h2-3,6,9-13,15H,4-5,7-8,14H2,1H3,(H,24,25,30). The number of nitrogens with zero attached hydrogens (tertiary/aromatic N) is 6. The van der Waals surface area contributed by atoms with E-state index in [1.165, 1.54) is 0 Å². The highest BCUT2D eigenvalue weighted by Gasteiger charge is 2.26. The van der Waals surface area contributed by atoms with Gasteiger partial charge in [0.2, 0.25) is 11.8 Å². The van der Waals surface area contributed by atoms with Gasteiger partial charge in [-0.15, -0.1) is 5.10 Å². The number of hydrogen-bond acceptors (Lipinski definition) is 7. The number of carbonyl (C=O) groups is 1. The summed E-state index contributed by atoms with van der Waals surface area (Å²) in [5, 5.41) is 13.2. The fourth-order valence-corrected chi connectivity index (χ4v) is 3.95. The number of amides is 1. The van der Waals surface area contributed by atoms with Crippen LogP contribution in [0.1, 0.15) is 18.7 Å². The zero-order valence-corrected chi connectivity index (χ0v) is 17.2. The molecule has 4 aromatic rings. The fraction of sp³-hybridized carbons (Fsp3) is 0.318. The van der Waals surface area contributed by atoms with Gasteiger partial charge in [-0.05, 0) is 43.5 Å². The molecule has 1 N–H and O–H groups in total. The van der Waals surface area contributed by atoms with Crippen molar-refractivity contribution in [3.05, 3.63) is 55.0 Å². The second-order valence-electron chi connectivity index (χ2n) is 7.87. The smallest absolute Gasteiger partial charge is 0.228 e. The van der Waals surface area contributed by atoms with E-state index < -0.39 is 0 Å². The number of aryl methyl sites for hydroxylation is 1. The molecule has 1 saturated heterocycles. The first kappa shape index (κ1) is 19.4. The zero-order valence-electron chi connectivity index (χ0n) is 17.2. The molecule has 0 atom stereocenters. The van der Waals surface area contributed by atoms with Gasteiger partial charge >= 0.3 is 0 Å². The molecule has 0 spiro atoms. The van der Waals surface area contributed by atoms with Crippen LogP contribution >= 0.6 is 0 Å². The van der Waals surface area contributed by atoms with E-state index in [0.29, 0.717) is 18.3 Å². The molecule has 1 aliphatic heterocycles. The summed E-state index contributed by atoms with van der Waals surface area (Å²) < 4.78 is 6.99. The van der Waals surface area contributed by atoms with E-state index in [2.05, 4.69) is 30.5 Å². The Balaban J connectivity index is 1.24. The average molecular weight is 417 g/mol. The monoisotopic (exact) mass is 417 g/mol. The maximum Gasteiger partial charge on any atom is 0.228 e. The fourth-order valence-electron chi connectivity index (χ4n) is 3.95. The minimum atomic E-state index is -0.0239. The number of hydrogen-bond donors (Lipinski definition) is 1. The Kier molecular flexibility index (Phi) is 5.17. The molecule has 1 aromatic carbocycles. The van der Waals surface area contributed by atoms with Gasteiger partial charge < -0.3 is 9.73 Å². The minimum absolute atomic E-state index is 0.0210. The van der Waals surface area contributed by atoms with Crippen LogP contribution < -0.4 is 5.32 Å². The quantitative estimate of drug-likeness (QED) is 0.533. The number of aromatic nitrogens is 5. The lowest BCUT2D eigenvalue weighted by Crippen LogP contribution is -2.37. The van der Waals surface area contributed by atoms with Crippen LogP contribution in [0.2, 0.25) is 0 Å². The molecule has 0 bridgehead atoms. The summed E-state index contributed by atoms with van der Waals surface area (Å²) in [6, 6.07) is 7.95. The summed E-state index contributed by atoms with van der Waals surface area (Å²) in [5.41, 5.74) is 1.78. The molecule has 0 unspecified atom stereocenters. The molecule has 31 heavy (non-hydrogen) atoms. The lowest BCUT2D eigenvalue weighted by Gasteiger charge is -2.30. The first-order valence-corrected chi connectivity index (χ1v) is 10.3. The van der Waals surface area contributed by atoms with Crippen LogP contribution in [0, 0.1) is 5.92 Å². The summed E-state index contributed by atoms with van der Waals surface area (Å²) >= 11 is 0. The van der Waals surface area contributed by atoms with Crippen LogP contribution in [0.3, 0.4) is 0 Å². The van der Waals surface area contributed by atoms with E-state index in [9.17, 15) is 4.79 Å². The normalized spacial score (nSPS) is 15.4. The summed E-state index contributed by atoms with van der Waals surface area (Å²) in [6.07, 6.45) is 8.50. The molecule has 0 saturated carbocycles. The third-order valence-corrected chi connectivity index (χ3v) is 5.67. The first-order chi connectivity index (χ1) is 15.1. The molecule has 5 rings (SSSR count). The van der Waals surface area contributed by atoms with Crippen LogP contribution in [0.5, 0.6) is 0 Å². The van der Waals surface area contributed by atoms with Gasteiger partial charge in [0.15, 0.2) is 0 Å². The van der Waals surface area contributed by atoms with Crippen molar-refractivity contribution in [2.45, 2.75) is 19.4 Å². The Hall–Kier alpha value is -3.59. The molecule has 9 heteroatoms. The van der Waals surface area contributed by atoms with Crippen LogP contribution in [-0.2, 0) is 18.4 Å². The van der Waals surface area contributed by atoms with Gasteiger partial charge in [0.05, 0.1) is 18.9 Å². The highest BCUT2D eigenvalue weighted by molar-refractivity contribution is 5.95. The second kappa shape index (κ2) is 8.27. The van der Waals surface area contributed by atoms with Crippen molar-refractivity contribution >= 4 is 22.5 Å². The van der Waals surface area contributed by atoms with E-state index in [1.807, 2.05) is 37.5 Å². The number of nitrogens with one attached hydrogen (secondary N) is 1. The van der Waals surface area contributed by atoms with Crippen molar-refractivity contribution in [1.82, 2.24) is 29.9 Å². The lowest BCUT2D eigenvalue weighted by atomic mass is 9.96. The number of rotatable bonds is 5. The molecule has 4 heterocycles. The van der Waals surface area contributed by atoms with Gasteiger partial charge in [-0.2, -0.15) is 0 Å². The van der Waals surface area contributed by atoms with Crippen molar-refractivity contribution in [2.24, 2.45) is 13.0 Å². The van der Waals surface area contributed by atoms with Crippen molar-refractivity contribution < 1.29 is 9.21 Å². The third kappa shape index (κ3) is 4.31. The minimum Gasteiger partial charge on any atom is -0.448 e. The topological polar surface area (TPSA) is 102 Å². The Labute approximate surface area is 179 Å². The van der Waals surface area contributed by atoms with Crippen LogP contribution in [0.4, 0.5) is 5.82 Å². The first-order valence-electron chi connectivity index (χ1n) is 10.3. The number of pyridine rings is 1.